The van der Waals surface area contributed by atoms with Gasteiger partial charge in [-0.1, -0.05) is 25.1 Å². The first kappa shape index (κ1) is 14.3. The average Bonchev–Trinajstić information content (AvgIpc) is 2.88. The SMILES string of the molecule is CC1CN(c2cc(CO)c3ccccc3n2)CC1N(C)C. The third-order valence-corrected chi connectivity index (χ3v) is 4.52. The highest BCUT2D eigenvalue weighted by Gasteiger charge is 2.31. The number of aliphatic hydroxyl groups is 1. The number of fused-ring (bicyclic) bond motifs is 1. The Bertz CT molecular complexity index is 641. The van der Waals surface area contributed by atoms with Gasteiger partial charge in [-0.05, 0) is 37.7 Å². The van der Waals surface area contributed by atoms with Crippen molar-refractivity contribution in [3.63, 3.8) is 0 Å². The maximum Gasteiger partial charge on any atom is 0.129 e. The van der Waals surface area contributed by atoms with Gasteiger partial charge in [-0.2, -0.15) is 0 Å². The van der Waals surface area contributed by atoms with Gasteiger partial charge in [0.25, 0.3) is 0 Å². The Balaban J connectivity index is 1.98. The summed E-state index contributed by atoms with van der Waals surface area (Å²) >= 11 is 0. The first-order valence-electron chi connectivity index (χ1n) is 7.51. The summed E-state index contributed by atoms with van der Waals surface area (Å²) in [5, 5.41) is 10.7. The van der Waals surface area contributed by atoms with Gasteiger partial charge in [-0.25, -0.2) is 4.98 Å². The minimum absolute atomic E-state index is 0.0521. The fourth-order valence-electron chi connectivity index (χ4n) is 3.33. The van der Waals surface area contributed by atoms with Crippen molar-refractivity contribution in [3.05, 3.63) is 35.9 Å². The number of nitrogens with zero attached hydrogens (tertiary/aromatic N) is 3. The zero-order valence-electron chi connectivity index (χ0n) is 13.0. The van der Waals surface area contributed by atoms with Crippen LogP contribution in [0.3, 0.4) is 0 Å². The molecule has 1 fully saturated rings. The van der Waals surface area contributed by atoms with E-state index in [1.165, 1.54) is 0 Å². The normalized spacial score (nSPS) is 22.4. The van der Waals surface area contributed by atoms with Crippen molar-refractivity contribution in [2.75, 3.05) is 32.1 Å². The predicted molar refractivity (Wildman–Crippen MR) is 86.5 cm³/mol. The topological polar surface area (TPSA) is 39.6 Å². The molecule has 0 bridgehead atoms. The minimum atomic E-state index is 0.0521. The molecule has 1 aromatic heterocycles. The van der Waals surface area contributed by atoms with E-state index in [4.69, 9.17) is 4.98 Å². The minimum Gasteiger partial charge on any atom is -0.392 e. The first-order chi connectivity index (χ1) is 10.1. The molecule has 0 aliphatic carbocycles. The highest BCUT2D eigenvalue weighted by atomic mass is 16.3. The van der Waals surface area contributed by atoms with Crippen LogP contribution in [0.1, 0.15) is 12.5 Å². The van der Waals surface area contributed by atoms with Crippen LogP contribution in [0.15, 0.2) is 30.3 Å². The monoisotopic (exact) mass is 285 g/mol. The fourth-order valence-corrected chi connectivity index (χ4v) is 3.33. The number of hydrogen-bond donors (Lipinski definition) is 1. The van der Waals surface area contributed by atoms with Gasteiger partial charge >= 0.3 is 0 Å². The lowest BCUT2D eigenvalue weighted by molar-refractivity contribution is 0.266. The van der Waals surface area contributed by atoms with E-state index in [1.807, 2.05) is 30.3 Å². The summed E-state index contributed by atoms with van der Waals surface area (Å²) < 4.78 is 0. The zero-order chi connectivity index (χ0) is 15.0. The average molecular weight is 285 g/mol. The Morgan fingerprint density at radius 2 is 2.05 bits per heavy atom. The van der Waals surface area contributed by atoms with Crippen LogP contribution in [0.5, 0.6) is 0 Å². The first-order valence-corrected chi connectivity index (χ1v) is 7.51. The van der Waals surface area contributed by atoms with Gasteiger partial charge in [0.15, 0.2) is 0 Å². The molecule has 1 N–H and O–H groups in total. The largest absolute Gasteiger partial charge is 0.392 e. The van der Waals surface area contributed by atoms with Gasteiger partial charge in [0.2, 0.25) is 0 Å². The van der Waals surface area contributed by atoms with Crippen molar-refractivity contribution < 1.29 is 5.11 Å². The summed E-state index contributed by atoms with van der Waals surface area (Å²) in [6, 6.07) is 10.6. The van der Waals surface area contributed by atoms with Crippen LogP contribution in [0.2, 0.25) is 0 Å². The number of likely N-dealkylation sites (N-methyl/N-ethyl adjacent to an activating group) is 1. The number of aliphatic hydroxyl groups excluding tert-OH is 1. The van der Waals surface area contributed by atoms with Gasteiger partial charge in [-0.3, -0.25) is 0 Å². The van der Waals surface area contributed by atoms with E-state index in [0.29, 0.717) is 12.0 Å². The molecule has 112 valence electrons. The van der Waals surface area contributed by atoms with Crippen molar-refractivity contribution in [1.82, 2.24) is 9.88 Å². The molecular weight excluding hydrogens is 262 g/mol. The lowest BCUT2D eigenvalue weighted by Gasteiger charge is -2.23. The molecule has 2 aromatic rings. The van der Waals surface area contributed by atoms with Gasteiger partial charge < -0.3 is 14.9 Å². The second kappa shape index (κ2) is 5.62. The maximum absolute atomic E-state index is 9.64. The third-order valence-electron chi connectivity index (χ3n) is 4.52. The second-order valence-corrected chi connectivity index (χ2v) is 6.23. The summed E-state index contributed by atoms with van der Waals surface area (Å²) in [5.74, 6) is 1.60. The molecule has 3 rings (SSSR count). The molecule has 1 aromatic carbocycles. The van der Waals surface area contributed by atoms with E-state index in [-0.39, 0.29) is 6.61 Å². The number of hydrogen-bond acceptors (Lipinski definition) is 4. The van der Waals surface area contributed by atoms with Gasteiger partial charge in [0.1, 0.15) is 5.82 Å². The summed E-state index contributed by atoms with van der Waals surface area (Å²) in [7, 11) is 4.27. The van der Waals surface area contributed by atoms with E-state index < -0.39 is 0 Å². The van der Waals surface area contributed by atoms with Crippen molar-refractivity contribution >= 4 is 16.7 Å². The zero-order valence-corrected chi connectivity index (χ0v) is 13.0. The summed E-state index contributed by atoms with van der Waals surface area (Å²) in [6.07, 6.45) is 0. The summed E-state index contributed by atoms with van der Waals surface area (Å²) in [6.45, 7) is 4.35. The van der Waals surface area contributed by atoms with Crippen molar-refractivity contribution in [2.24, 2.45) is 5.92 Å². The molecular formula is C17H23N3O. The van der Waals surface area contributed by atoms with E-state index in [1.54, 1.807) is 0 Å². The highest BCUT2D eigenvalue weighted by Crippen LogP contribution is 2.28. The third kappa shape index (κ3) is 2.61. The number of rotatable bonds is 3. The standard InChI is InChI=1S/C17H23N3O/c1-12-9-20(10-16(12)19(2)3)17-8-13(11-21)14-6-4-5-7-15(14)18-17/h4-8,12,16,21H,9-11H2,1-3H3. The highest BCUT2D eigenvalue weighted by molar-refractivity contribution is 5.84. The quantitative estimate of drug-likeness (QED) is 0.937. The Morgan fingerprint density at radius 3 is 2.71 bits per heavy atom. The Morgan fingerprint density at radius 1 is 1.29 bits per heavy atom. The molecule has 0 saturated carbocycles. The van der Waals surface area contributed by atoms with Crippen molar-refractivity contribution in [3.8, 4) is 0 Å². The Kier molecular flexibility index (Phi) is 3.83. The van der Waals surface area contributed by atoms with E-state index >= 15 is 0 Å². The molecule has 2 atom stereocenters. The lowest BCUT2D eigenvalue weighted by atomic mass is 10.1. The molecule has 4 nitrogen and oxygen atoms in total. The van der Waals surface area contributed by atoms with E-state index in [9.17, 15) is 5.11 Å². The van der Waals surface area contributed by atoms with Gasteiger partial charge in [-0.15, -0.1) is 0 Å². The molecule has 1 aliphatic rings. The number of pyridine rings is 1. The number of anilines is 1. The molecule has 4 heteroatoms. The number of para-hydroxylation sites is 1. The molecule has 21 heavy (non-hydrogen) atoms. The van der Waals surface area contributed by atoms with Crippen LogP contribution in [0.4, 0.5) is 5.82 Å². The number of aromatic nitrogens is 1. The maximum atomic E-state index is 9.64. The van der Waals surface area contributed by atoms with E-state index in [2.05, 4.69) is 30.8 Å². The Hall–Kier alpha value is -1.65. The molecule has 1 aliphatic heterocycles. The van der Waals surface area contributed by atoms with Crippen LogP contribution >= 0.6 is 0 Å². The van der Waals surface area contributed by atoms with Gasteiger partial charge in [0, 0.05) is 24.5 Å². The molecule has 2 heterocycles. The Labute approximate surface area is 126 Å². The molecule has 0 amide bonds. The molecule has 2 unspecified atom stereocenters. The lowest BCUT2D eigenvalue weighted by Crippen LogP contribution is -2.34. The smallest absolute Gasteiger partial charge is 0.129 e. The van der Waals surface area contributed by atoms with Crippen LogP contribution in [0, 0.1) is 5.92 Å². The predicted octanol–water partition coefficient (Wildman–Crippen LogP) is 2.11. The molecule has 0 spiro atoms. The van der Waals surface area contributed by atoms with Crippen molar-refractivity contribution in [2.45, 2.75) is 19.6 Å². The number of benzene rings is 1. The second-order valence-electron chi connectivity index (χ2n) is 6.23. The molecule has 0 radical (unpaired) electrons. The van der Waals surface area contributed by atoms with Crippen LogP contribution in [0.25, 0.3) is 10.9 Å². The van der Waals surface area contributed by atoms with Crippen LogP contribution in [-0.2, 0) is 6.61 Å². The summed E-state index contributed by atoms with van der Waals surface area (Å²) in [5.41, 5.74) is 1.91. The van der Waals surface area contributed by atoms with Crippen molar-refractivity contribution in [1.29, 1.82) is 0 Å². The van der Waals surface area contributed by atoms with Gasteiger partial charge in [0.05, 0.1) is 12.1 Å². The van der Waals surface area contributed by atoms with Crippen LogP contribution < -0.4 is 4.90 Å². The van der Waals surface area contributed by atoms with Crippen LogP contribution in [-0.4, -0.2) is 48.2 Å². The molecule has 1 saturated heterocycles. The fraction of sp³-hybridized carbons (Fsp3) is 0.471. The van der Waals surface area contributed by atoms with E-state index in [0.717, 1.165) is 35.4 Å². The summed E-state index contributed by atoms with van der Waals surface area (Å²) in [4.78, 5) is 9.41.